The number of phenols is 1. The van der Waals surface area contributed by atoms with Gasteiger partial charge in [0, 0.05) is 18.3 Å². The molecule has 0 bridgehead atoms. The van der Waals surface area contributed by atoms with Crippen molar-refractivity contribution in [3.8, 4) is 5.75 Å². The molecular formula is C15H23N3O2S. The number of amides is 1. The van der Waals surface area contributed by atoms with E-state index in [-0.39, 0.29) is 23.7 Å². The van der Waals surface area contributed by atoms with Crippen LogP contribution in [0.2, 0.25) is 0 Å². The highest BCUT2D eigenvalue weighted by molar-refractivity contribution is 7.99. The minimum absolute atomic E-state index is 0.0425. The number of phenolic OH excluding ortho intramolecular Hbond substituents is 1. The lowest BCUT2D eigenvalue weighted by Crippen LogP contribution is -2.43. The van der Waals surface area contributed by atoms with Crippen LogP contribution in [0.3, 0.4) is 0 Å². The molecule has 1 saturated heterocycles. The Bertz CT molecular complexity index is 453. The number of benzene rings is 1. The van der Waals surface area contributed by atoms with E-state index in [1.54, 1.807) is 12.1 Å². The number of carbonyl (C=O) groups is 1. The average molecular weight is 309 g/mol. The van der Waals surface area contributed by atoms with Crippen LogP contribution in [0, 0.1) is 0 Å². The first-order valence-corrected chi connectivity index (χ1v) is 8.51. The van der Waals surface area contributed by atoms with Crippen LogP contribution >= 0.6 is 11.8 Å². The number of thioether (sulfide) groups is 1. The van der Waals surface area contributed by atoms with Gasteiger partial charge < -0.3 is 10.4 Å². The second kappa shape index (κ2) is 8.26. The fraction of sp³-hybridized carbons (Fsp3) is 0.533. The summed E-state index contributed by atoms with van der Waals surface area (Å²) in [5, 5.41) is 12.3. The SMILES string of the molecule is CCCSCCNC(=O)C1CC(c2ccc(O)cc2)NN1. The Labute approximate surface area is 129 Å². The van der Waals surface area contributed by atoms with E-state index in [1.807, 2.05) is 23.9 Å². The number of nitrogens with one attached hydrogen (secondary N) is 3. The largest absolute Gasteiger partial charge is 0.508 e. The van der Waals surface area contributed by atoms with Crippen molar-refractivity contribution in [2.24, 2.45) is 0 Å². The Balaban J connectivity index is 1.74. The van der Waals surface area contributed by atoms with Crippen molar-refractivity contribution in [2.75, 3.05) is 18.1 Å². The summed E-state index contributed by atoms with van der Waals surface area (Å²) in [4.78, 5) is 12.0. The molecule has 4 N–H and O–H groups in total. The molecule has 1 fully saturated rings. The summed E-state index contributed by atoms with van der Waals surface area (Å²) in [7, 11) is 0. The Morgan fingerprint density at radius 2 is 2.10 bits per heavy atom. The molecule has 0 saturated carbocycles. The van der Waals surface area contributed by atoms with Crippen LogP contribution in [-0.4, -0.2) is 35.1 Å². The van der Waals surface area contributed by atoms with E-state index >= 15 is 0 Å². The number of rotatable bonds is 7. The minimum atomic E-state index is -0.208. The Hall–Kier alpha value is -1.24. The Kier molecular flexibility index (Phi) is 6.35. The van der Waals surface area contributed by atoms with E-state index in [0.29, 0.717) is 13.0 Å². The molecule has 21 heavy (non-hydrogen) atoms. The van der Waals surface area contributed by atoms with E-state index < -0.39 is 0 Å². The first kappa shape index (κ1) is 16.1. The highest BCUT2D eigenvalue weighted by Gasteiger charge is 2.29. The molecule has 0 aliphatic carbocycles. The lowest BCUT2D eigenvalue weighted by molar-refractivity contribution is -0.122. The van der Waals surface area contributed by atoms with Crippen LogP contribution in [0.1, 0.15) is 31.4 Å². The van der Waals surface area contributed by atoms with Gasteiger partial charge in [0.1, 0.15) is 11.8 Å². The highest BCUT2D eigenvalue weighted by atomic mass is 32.2. The topological polar surface area (TPSA) is 73.4 Å². The minimum Gasteiger partial charge on any atom is -0.508 e. The van der Waals surface area contributed by atoms with Crippen LogP contribution in [-0.2, 0) is 4.79 Å². The number of aromatic hydroxyl groups is 1. The maximum Gasteiger partial charge on any atom is 0.238 e. The summed E-state index contributed by atoms with van der Waals surface area (Å²) >= 11 is 1.86. The van der Waals surface area contributed by atoms with Crippen LogP contribution in [0.5, 0.6) is 5.75 Å². The first-order valence-electron chi connectivity index (χ1n) is 7.36. The zero-order valence-electron chi connectivity index (χ0n) is 12.3. The molecule has 1 heterocycles. The van der Waals surface area contributed by atoms with Gasteiger partial charge in [-0.2, -0.15) is 11.8 Å². The zero-order valence-corrected chi connectivity index (χ0v) is 13.1. The standard InChI is InChI=1S/C15H23N3O2S/c1-2-8-21-9-7-16-15(20)14-10-13(17-18-14)11-3-5-12(19)6-4-11/h3-6,13-14,17-19H,2,7-10H2,1H3,(H,16,20). The van der Waals surface area contributed by atoms with Gasteiger partial charge in [0.15, 0.2) is 0 Å². The van der Waals surface area contributed by atoms with Crippen molar-refractivity contribution in [2.45, 2.75) is 31.8 Å². The van der Waals surface area contributed by atoms with Crippen LogP contribution < -0.4 is 16.2 Å². The molecule has 0 aromatic heterocycles. The summed E-state index contributed by atoms with van der Waals surface area (Å²) in [6.45, 7) is 2.87. The monoisotopic (exact) mass is 309 g/mol. The molecule has 2 unspecified atom stereocenters. The van der Waals surface area contributed by atoms with Gasteiger partial charge in [0.05, 0.1) is 0 Å². The van der Waals surface area contributed by atoms with Crippen molar-refractivity contribution in [1.29, 1.82) is 0 Å². The average Bonchev–Trinajstić information content (AvgIpc) is 2.97. The maximum atomic E-state index is 12.0. The summed E-state index contributed by atoms with van der Waals surface area (Å²) in [5.41, 5.74) is 7.24. The van der Waals surface area contributed by atoms with E-state index in [2.05, 4.69) is 23.1 Å². The Morgan fingerprint density at radius 1 is 1.33 bits per heavy atom. The van der Waals surface area contributed by atoms with E-state index in [0.717, 1.165) is 17.1 Å². The predicted octanol–water partition coefficient (Wildman–Crippen LogP) is 1.56. The molecular weight excluding hydrogens is 286 g/mol. The first-order chi connectivity index (χ1) is 10.2. The fourth-order valence-electron chi connectivity index (χ4n) is 2.27. The lowest BCUT2D eigenvalue weighted by Gasteiger charge is -2.10. The number of hydrazine groups is 1. The third-order valence-electron chi connectivity index (χ3n) is 3.41. The lowest BCUT2D eigenvalue weighted by atomic mass is 10.0. The number of hydrogen-bond acceptors (Lipinski definition) is 5. The normalized spacial score (nSPS) is 21.4. The third-order valence-corrected chi connectivity index (χ3v) is 4.60. The molecule has 2 atom stereocenters. The molecule has 5 nitrogen and oxygen atoms in total. The quantitative estimate of drug-likeness (QED) is 0.575. The van der Waals surface area contributed by atoms with E-state index in [4.69, 9.17) is 0 Å². The number of carbonyl (C=O) groups excluding carboxylic acids is 1. The highest BCUT2D eigenvalue weighted by Crippen LogP contribution is 2.23. The fourth-order valence-corrected chi connectivity index (χ4v) is 3.01. The molecule has 0 spiro atoms. The van der Waals surface area contributed by atoms with Crippen molar-refractivity contribution in [1.82, 2.24) is 16.2 Å². The molecule has 1 aliphatic heterocycles. The van der Waals surface area contributed by atoms with Gasteiger partial charge in [0.2, 0.25) is 5.91 Å². The van der Waals surface area contributed by atoms with Gasteiger partial charge in [-0.15, -0.1) is 0 Å². The second-order valence-electron chi connectivity index (χ2n) is 5.12. The molecule has 1 amide bonds. The van der Waals surface area contributed by atoms with Crippen molar-refractivity contribution >= 4 is 17.7 Å². The van der Waals surface area contributed by atoms with Crippen molar-refractivity contribution in [3.63, 3.8) is 0 Å². The molecule has 2 rings (SSSR count). The molecule has 1 aliphatic rings. The maximum absolute atomic E-state index is 12.0. The van der Waals surface area contributed by atoms with Gasteiger partial charge in [-0.25, -0.2) is 10.9 Å². The Morgan fingerprint density at radius 3 is 2.81 bits per heavy atom. The van der Waals surface area contributed by atoms with Gasteiger partial charge >= 0.3 is 0 Å². The zero-order chi connectivity index (χ0) is 15.1. The summed E-state index contributed by atoms with van der Waals surface area (Å²) in [6, 6.07) is 6.95. The summed E-state index contributed by atoms with van der Waals surface area (Å²) < 4.78 is 0. The van der Waals surface area contributed by atoms with Crippen LogP contribution in [0.4, 0.5) is 0 Å². The molecule has 6 heteroatoms. The predicted molar refractivity (Wildman–Crippen MR) is 86.1 cm³/mol. The molecule has 0 radical (unpaired) electrons. The van der Waals surface area contributed by atoms with Crippen molar-refractivity contribution < 1.29 is 9.90 Å². The molecule has 116 valence electrons. The molecule has 1 aromatic carbocycles. The van der Waals surface area contributed by atoms with Gasteiger partial charge in [-0.3, -0.25) is 4.79 Å². The van der Waals surface area contributed by atoms with E-state index in [9.17, 15) is 9.90 Å². The second-order valence-corrected chi connectivity index (χ2v) is 6.35. The van der Waals surface area contributed by atoms with Gasteiger partial charge in [-0.05, 0) is 36.3 Å². The van der Waals surface area contributed by atoms with Crippen LogP contribution in [0.25, 0.3) is 0 Å². The molecule has 1 aromatic rings. The van der Waals surface area contributed by atoms with E-state index in [1.165, 1.54) is 6.42 Å². The number of hydrogen-bond donors (Lipinski definition) is 4. The van der Waals surface area contributed by atoms with Gasteiger partial charge in [-0.1, -0.05) is 19.1 Å². The third kappa shape index (κ3) is 4.91. The van der Waals surface area contributed by atoms with Crippen molar-refractivity contribution in [3.05, 3.63) is 29.8 Å². The summed E-state index contributed by atoms with van der Waals surface area (Å²) in [5.74, 6) is 2.40. The smallest absolute Gasteiger partial charge is 0.238 e. The van der Waals surface area contributed by atoms with Crippen LogP contribution in [0.15, 0.2) is 24.3 Å². The van der Waals surface area contributed by atoms with Gasteiger partial charge in [0.25, 0.3) is 0 Å². The summed E-state index contributed by atoms with van der Waals surface area (Å²) in [6.07, 6.45) is 1.87.